The van der Waals surface area contributed by atoms with Crippen molar-refractivity contribution in [1.29, 1.82) is 5.26 Å². The molecule has 2 heterocycles. The van der Waals surface area contributed by atoms with Crippen molar-refractivity contribution in [3.63, 3.8) is 0 Å². The van der Waals surface area contributed by atoms with Gasteiger partial charge in [-0.25, -0.2) is 0 Å². The Balaban J connectivity index is 1.91. The smallest absolute Gasteiger partial charge is 0.110 e. The van der Waals surface area contributed by atoms with E-state index in [0.717, 1.165) is 24.5 Å². The number of hydrogen-bond acceptors (Lipinski definition) is 4. The number of nitriles is 1. The quantitative estimate of drug-likeness (QED) is 0.876. The van der Waals surface area contributed by atoms with Gasteiger partial charge >= 0.3 is 0 Å². The molecule has 16 heavy (non-hydrogen) atoms. The van der Waals surface area contributed by atoms with Crippen molar-refractivity contribution in [2.45, 2.75) is 31.8 Å². The van der Waals surface area contributed by atoms with Gasteiger partial charge in [-0.1, -0.05) is 0 Å². The molecule has 3 nitrogen and oxygen atoms in total. The second-order valence-electron chi connectivity index (χ2n) is 4.12. The maximum Gasteiger partial charge on any atom is 0.110 e. The molecule has 1 aliphatic rings. The van der Waals surface area contributed by atoms with Crippen molar-refractivity contribution in [2.75, 3.05) is 13.2 Å². The van der Waals surface area contributed by atoms with Gasteiger partial charge in [0, 0.05) is 23.6 Å². The third-order valence-electron chi connectivity index (χ3n) is 2.81. The number of hydrogen-bond donors (Lipinski definition) is 1. The van der Waals surface area contributed by atoms with Crippen LogP contribution in [0.1, 0.15) is 35.6 Å². The van der Waals surface area contributed by atoms with Gasteiger partial charge in [-0.3, -0.25) is 0 Å². The van der Waals surface area contributed by atoms with Gasteiger partial charge in [-0.2, -0.15) is 5.26 Å². The van der Waals surface area contributed by atoms with Gasteiger partial charge in [0.05, 0.1) is 6.61 Å². The Morgan fingerprint density at radius 3 is 3.12 bits per heavy atom. The number of nitrogens with zero attached hydrogens (tertiary/aromatic N) is 1. The summed E-state index contributed by atoms with van der Waals surface area (Å²) in [6.07, 6.45) is 2.32. The van der Waals surface area contributed by atoms with Crippen LogP contribution in [0, 0.1) is 11.3 Å². The predicted octanol–water partition coefficient (Wildman–Crippen LogP) is 2.45. The van der Waals surface area contributed by atoms with Crippen LogP contribution in [0.5, 0.6) is 0 Å². The minimum Gasteiger partial charge on any atom is -0.380 e. The average Bonchev–Trinajstić information content (AvgIpc) is 2.79. The maximum atomic E-state index is 8.77. The van der Waals surface area contributed by atoms with Crippen molar-refractivity contribution >= 4 is 11.3 Å². The lowest BCUT2D eigenvalue weighted by Crippen LogP contribution is -2.38. The summed E-state index contributed by atoms with van der Waals surface area (Å²) in [7, 11) is 0. The molecular formula is C12H16N2OS. The standard InChI is InChI=1S/C12H16N2OS/c1-9(12-5-4-11(7-13)16-12)14-10-3-2-6-15-8-10/h4-5,9-10,14H,2-3,6,8H2,1H3. The Bertz CT molecular complexity index is 377. The van der Waals surface area contributed by atoms with Crippen molar-refractivity contribution < 1.29 is 4.74 Å². The lowest BCUT2D eigenvalue weighted by atomic mass is 10.1. The SMILES string of the molecule is CC(NC1CCCOC1)c1ccc(C#N)s1. The van der Waals surface area contributed by atoms with Crippen LogP contribution in [-0.2, 0) is 4.74 Å². The van der Waals surface area contributed by atoms with Gasteiger partial charge in [0.25, 0.3) is 0 Å². The first-order chi connectivity index (χ1) is 7.79. The normalized spacial score (nSPS) is 22.6. The molecule has 1 aromatic heterocycles. The third kappa shape index (κ3) is 2.82. The molecule has 0 amide bonds. The summed E-state index contributed by atoms with van der Waals surface area (Å²) >= 11 is 1.57. The summed E-state index contributed by atoms with van der Waals surface area (Å²) in [4.78, 5) is 2.01. The van der Waals surface area contributed by atoms with E-state index in [0.29, 0.717) is 12.1 Å². The molecule has 1 saturated heterocycles. The third-order valence-corrected chi connectivity index (χ3v) is 3.98. The fourth-order valence-electron chi connectivity index (χ4n) is 1.95. The van der Waals surface area contributed by atoms with E-state index in [4.69, 9.17) is 10.00 Å². The molecule has 2 rings (SSSR count). The highest BCUT2D eigenvalue weighted by Gasteiger charge is 2.17. The Morgan fingerprint density at radius 1 is 1.62 bits per heavy atom. The molecule has 0 aliphatic carbocycles. The first kappa shape index (κ1) is 11.6. The summed E-state index contributed by atoms with van der Waals surface area (Å²) in [6.45, 7) is 3.84. The highest BCUT2D eigenvalue weighted by atomic mass is 32.1. The second kappa shape index (κ2) is 5.44. The van der Waals surface area contributed by atoms with Crippen LogP contribution >= 0.6 is 11.3 Å². The largest absolute Gasteiger partial charge is 0.380 e. The minimum atomic E-state index is 0.304. The second-order valence-corrected chi connectivity index (χ2v) is 5.23. The van der Waals surface area contributed by atoms with E-state index in [1.165, 1.54) is 11.3 Å². The van der Waals surface area contributed by atoms with Crippen LogP contribution in [0.4, 0.5) is 0 Å². The zero-order chi connectivity index (χ0) is 11.4. The highest BCUT2D eigenvalue weighted by Crippen LogP contribution is 2.23. The molecule has 2 unspecified atom stereocenters. The molecule has 86 valence electrons. The van der Waals surface area contributed by atoms with Crippen LogP contribution < -0.4 is 5.32 Å². The van der Waals surface area contributed by atoms with E-state index < -0.39 is 0 Å². The van der Waals surface area contributed by atoms with Gasteiger partial charge in [0.15, 0.2) is 0 Å². The monoisotopic (exact) mass is 236 g/mol. The molecule has 2 atom stereocenters. The van der Waals surface area contributed by atoms with Crippen LogP contribution in [0.3, 0.4) is 0 Å². The van der Waals surface area contributed by atoms with Gasteiger partial charge in [-0.15, -0.1) is 11.3 Å². The van der Waals surface area contributed by atoms with E-state index in [1.807, 2.05) is 12.1 Å². The molecule has 4 heteroatoms. The van der Waals surface area contributed by atoms with Gasteiger partial charge < -0.3 is 10.1 Å². The molecule has 1 fully saturated rings. The van der Waals surface area contributed by atoms with E-state index in [-0.39, 0.29) is 0 Å². The van der Waals surface area contributed by atoms with E-state index >= 15 is 0 Å². The summed E-state index contributed by atoms with van der Waals surface area (Å²) in [6, 6.07) is 6.85. The molecule has 1 N–H and O–H groups in total. The topological polar surface area (TPSA) is 45.0 Å². The van der Waals surface area contributed by atoms with Gasteiger partial charge in [0.2, 0.25) is 0 Å². The molecule has 0 radical (unpaired) electrons. The van der Waals surface area contributed by atoms with Crippen LogP contribution in [0.2, 0.25) is 0 Å². The minimum absolute atomic E-state index is 0.304. The van der Waals surface area contributed by atoms with E-state index in [9.17, 15) is 0 Å². The molecule has 1 aliphatic heterocycles. The van der Waals surface area contributed by atoms with Crippen LogP contribution in [0.15, 0.2) is 12.1 Å². The lowest BCUT2D eigenvalue weighted by molar-refractivity contribution is 0.0672. The molecule has 0 saturated carbocycles. The van der Waals surface area contributed by atoms with Crippen molar-refractivity contribution in [3.8, 4) is 6.07 Å². The molecule has 0 aromatic carbocycles. The number of rotatable bonds is 3. The lowest BCUT2D eigenvalue weighted by Gasteiger charge is -2.26. The summed E-state index contributed by atoms with van der Waals surface area (Å²) in [5, 5.41) is 12.3. The van der Waals surface area contributed by atoms with Crippen LogP contribution in [-0.4, -0.2) is 19.3 Å². The fourth-order valence-corrected chi connectivity index (χ4v) is 2.77. The molecule has 0 bridgehead atoms. The Hall–Kier alpha value is -0.890. The Labute approximate surface area is 100 Å². The highest BCUT2D eigenvalue weighted by molar-refractivity contribution is 7.12. The molecular weight excluding hydrogens is 220 g/mol. The Kier molecular flexibility index (Phi) is 3.94. The number of ether oxygens (including phenoxy) is 1. The number of nitrogens with one attached hydrogen (secondary N) is 1. The predicted molar refractivity (Wildman–Crippen MR) is 64.4 cm³/mol. The number of thiophene rings is 1. The van der Waals surface area contributed by atoms with Crippen LogP contribution in [0.25, 0.3) is 0 Å². The Morgan fingerprint density at radius 2 is 2.50 bits per heavy atom. The van der Waals surface area contributed by atoms with Crippen molar-refractivity contribution in [2.24, 2.45) is 0 Å². The first-order valence-electron chi connectivity index (χ1n) is 5.63. The first-order valence-corrected chi connectivity index (χ1v) is 6.45. The zero-order valence-electron chi connectivity index (χ0n) is 9.40. The summed E-state index contributed by atoms with van der Waals surface area (Å²) in [5.74, 6) is 0. The van der Waals surface area contributed by atoms with Gasteiger partial charge in [-0.05, 0) is 31.9 Å². The average molecular weight is 236 g/mol. The van der Waals surface area contributed by atoms with E-state index in [2.05, 4.69) is 18.3 Å². The summed E-state index contributed by atoms with van der Waals surface area (Å²) < 4.78 is 5.43. The maximum absolute atomic E-state index is 8.77. The zero-order valence-corrected chi connectivity index (χ0v) is 10.2. The van der Waals surface area contributed by atoms with E-state index in [1.54, 1.807) is 11.3 Å². The fraction of sp³-hybridized carbons (Fsp3) is 0.583. The van der Waals surface area contributed by atoms with Crippen molar-refractivity contribution in [1.82, 2.24) is 5.32 Å². The molecule has 1 aromatic rings. The molecule has 0 spiro atoms. The van der Waals surface area contributed by atoms with Gasteiger partial charge in [0.1, 0.15) is 10.9 Å². The summed E-state index contributed by atoms with van der Waals surface area (Å²) in [5.41, 5.74) is 0. The van der Waals surface area contributed by atoms with Crippen molar-refractivity contribution in [3.05, 3.63) is 21.9 Å².